The predicted molar refractivity (Wildman–Crippen MR) is 130 cm³/mol. The maximum atomic E-state index is 13.5. The molecular weight excluding hydrogens is 464 g/mol. The smallest absolute Gasteiger partial charge is 0.264 e. The molecule has 1 amide bonds. The number of halogens is 1. The van der Waals surface area contributed by atoms with Gasteiger partial charge < -0.3 is 14.8 Å². The van der Waals surface area contributed by atoms with E-state index in [2.05, 4.69) is 5.32 Å². The van der Waals surface area contributed by atoms with Gasteiger partial charge in [0, 0.05) is 11.8 Å². The number of benzene rings is 3. The van der Waals surface area contributed by atoms with Gasteiger partial charge in [0.15, 0.2) is 0 Å². The third-order valence-electron chi connectivity index (χ3n) is 4.75. The largest absolute Gasteiger partial charge is 0.495 e. The zero-order chi connectivity index (χ0) is 24.0. The number of ether oxygens (including phenoxy) is 2. The fourth-order valence-electron chi connectivity index (χ4n) is 3.12. The van der Waals surface area contributed by atoms with Gasteiger partial charge in [-0.05, 0) is 56.3 Å². The summed E-state index contributed by atoms with van der Waals surface area (Å²) in [5.41, 5.74) is 1.64. The average molecular weight is 489 g/mol. The minimum absolute atomic E-state index is 0.0613. The Hall–Kier alpha value is -3.23. The number of anilines is 2. The number of sulfonamides is 1. The van der Waals surface area contributed by atoms with Gasteiger partial charge in [0.25, 0.3) is 10.0 Å². The molecule has 0 aromatic heterocycles. The van der Waals surface area contributed by atoms with Crippen LogP contribution in [0.25, 0.3) is 0 Å². The molecule has 0 fully saturated rings. The normalized spacial score (nSPS) is 11.0. The van der Waals surface area contributed by atoms with Gasteiger partial charge in [-0.2, -0.15) is 0 Å². The zero-order valence-corrected chi connectivity index (χ0v) is 20.1. The summed E-state index contributed by atoms with van der Waals surface area (Å²) in [4.78, 5) is 13.0. The van der Waals surface area contributed by atoms with Gasteiger partial charge in [-0.3, -0.25) is 9.10 Å². The number of amides is 1. The molecule has 3 aromatic carbocycles. The zero-order valence-electron chi connectivity index (χ0n) is 18.5. The highest BCUT2D eigenvalue weighted by Crippen LogP contribution is 2.32. The summed E-state index contributed by atoms with van der Waals surface area (Å²) < 4.78 is 38.6. The number of rotatable bonds is 9. The molecule has 7 nitrogen and oxygen atoms in total. The second-order valence-corrected chi connectivity index (χ2v) is 9.42. The topological polar surface area (TPSA) is 84.9 Å². The molecule has 0 spiro atoms. The Morgan fingerprint density at radius 2 is 1.79 bits per heavy atom. The van der Waals surface area contributed by atoms with Gasteiger partial charge in [-0.25, -0.2) is 8.42 Å². The lowest BCUT2D eigenvalue weighted by Gasteiger charge is -2.24. The van der Waals surface area contributed by atoms with Gasteiger partial charge in [0.05, 0.1) is 29.3 Å². The number of hydrogen-bond acceptors (Lipinski definition) is 5. The minimum Gasteiger partial charge on any atom is -0.495 e. The first-order valence-corrected chi connectivity index (χ1v) is 12.0. The second kappa shape index (κ2) is 10.6. The number of nitrogens with zero attached hydrogens (tertiary/aromatic N) is 1. The number of carbonyl (C=O) groups is 1. The lowest BCUT2D eigenvalue weighted by Crippen LogP contribution is -2.38. The Morgan fingerprint density at radius 1 is 1.06 bits per heavy atom. The first kappa shape index (κ1) is 24.4. The quantitative estimate of drug-likeness (QED) is 0.463. The fourth-order valence-corrected chi connectivity index (χ4v) is 4.79. The van der Waals surface area contributed by atoms with Gasteiger partial charge in [-0.1, -0.05) is 35.4 Å². The molecule has 0 aliphatic rings. The third kappa shape index (κ3) is 5.97. The van der Waals surface area contributed by atoms with Crippen molar-refractivity contribution in [2.45, 2.75) is 18.7 Å². The van der Waals surface area contributed by atoms with Crippen LogP contribution in [-0.4, -0.2) is 34.6 Å². The molecule has 0 radical (unpaired) electrons. The van der Waals surface area contributed by atoms with Crippen LogP contribution >= 0.6 is 11.6 Å². The van der Waals surface area contributed by atoms with E-state index in [0.29, 0.717) is 23.8 Å². The molecule has 0 heterocycles. The Labute approximate surface area is 198 Å². The summed E-state index contributed by atoms with van der Waals surface area (Å²) in [6, 6.07) is 17.8. The van der Waals surface area contributed by atoms with Crippen LogP contribution in [0.5, 0.6) is 11.5 Å². The summed E-state index contributed by atoms with van der Waals surface area (Å²) in [5.74, 6) is 0.470. The molecule has 0 aliphatic carbocycles. The Bertz CT molecular complexity index is 1230. The van der Waals surface area contributed by atoms with Crippen LogP contribution in [0.3, 0.4) is 0 Å². The van der Waals surface area contributed by atoms with Crippen molar-refractivity contribution >= 4 is 38.9 Å². The van der Waals surface area contributed by atoms with Crippen LogP contribution < -0.4 is 19.1 Å². The van der Waals surface area contributed by atoms with Crippen molar-refractivity contribution in [3.63, 3.8) is 0 Å². The monoisotopic (exact) mass is 488 g/mol. The Kier molecular flexibility index (Phi) is 7.84. The number of aryl methyl sites for hydroxylation is 1. The van der Waals surface area contributed by atoms with Gasteiger partial charge in [0.2, 0.25) is 5.91 Å². The molecule has 33 heavy (non-hydrogen) atoms. The summed E-state index contributed by atoms with van der Waals surface area (Å²) in [6.45, 7) is 3.75. The molecule has 1 N–H and O–H groups in total. The van der Waals surface area contributed by atoms with Crippen LogP contribution in [0.15, 0.2) is 71.6 Å². The molecule has 9 heteroatoms. The van der Waals surface area contributed by atoms with Crippen LogP contribution in [0, 0.1) is 6.92 Å². The standard InChI is InChI=1S/C24H25ClN2O5S/c1-4-32-20-7-5-6-18(14-20)26-24(28)16-27(19-10-13-23(31-3)22(25)15-19)33(29,30)21-11-8-17(2)9-12-21/h5-15H,4,16H2,1-3H3,(H,26,28). The first-order valence-electron chi connectivity index (χ1n) is 10.2. The Morgan fingerprint density at radius 3 is 2.42 bits per heavy atom. The van der Waals surface area contributed by atoms with E-state index < -0.39 is 22.5 Å². The van der Waals surface area contributed by atoms with E-state index in [-0.39, 0.29) is 15.6 Å². The number of methoxy groups -OCH3 is 1. The van der Waals surface area contributed by atoms with Crippen LogP contribution in [0.1, 0.15) is 12.5 Å². The molecule has 0 saturated carbocycles. The van der Waals surface area contributed by atoms with Crippen LogP contribution in [0.2, 0.25) is 5.02 Å². The minimum atomic E-state index is -4.06. The summed E-state index contributed by atoms with van der Waals surface area (Å²) in [7, 11) is -2.60. The summed E-state index contributed by atoms with van der Waals surface area (Å²) >= 11 is 6.24. The maximum absolute atomic E-state index is 13.5. The summed E-state index contributed by atoms with van der Waals surface area (Å²) in [6.07, 6.45) is 0. The molecule has 0 aliphatic heterocycles. The highest BCUT2D eigenvalue weighted by atomic mass is 35.5. The molecule has 0 atom stereocenters. The molecule has 0 unspecified atom stereocenters. The van der Waals surface area contributed by atoms with E-state index in [1.165, 1.54) is 25.3 Å². The lowest BCUT2D eigenvalue weighted by molar-refractivity contribution is -0.114. The SMILES string of the molecule is CCOc1cccc(NC(=O)CN(c2ccc(OC)c(Cl)c2)S(=O)(=O)c2ccc(C)cc2)c1. The average Bonchev–Trinajstić information content (AvgIpc) is 2.78. The first-order chi connectivity index (χ1) is 15.7. The maximum Gasteiger partial charge on any atom is 0.264 e. The van der Waals surface area contributed by atoms with E-state index in [1.807, 2.05) is 13.8 Å². The van der Waals surface area contributed by atoms with E-state index in [0.717, 1.165) is 9.87 Å². The fraction of sp³-hybridized carbons (Fsp3) is 0.208. The summed E-state index contributed by atoms with van der Waals surface area (Å²) in [5, 5.41) is 2.95. The molecule has 0 bridgehead atoms. The number of carbonyl (C=O) groups excluding carboxylic acids is 1. The molecule has 174 valence electrons. The van der Waals surface area contributed by atoms with Crippen molar-refractivity contribution in [2.24, 2.45) is 0 Å². The molecule has 3 aromatic rings. The van der Waals surface area contributed by atoms with Gasteiger partial charge in [0.1, 0.15) is 18.0 Å². The van der Waals surface area contributed by atoms with Crippen molar-refractivity contribution in [1.29, 1.82) is 0 Å². The Balaban J connectivity index is 1.95. The van der Waals surface area contributed by atoms with Crippen molar-refractivity contribution < 1.29 is 22.7 Å². The van der Waals surface area contributed by atoms with Gasteiger partial charge >= 0.3 is 0 Å². The van der Waals surface area contributed by atoms with Gasteiger partial charge in [-0.15, -0.1) is 0 Å². The van der Waals surface area contributed by atoms with Crippen LogP contribution in [0.4, 0.5) is 11.4 Å². The van der Waals surface area contributed by atoms with Crippen LogP contribution in [-0.2, 0) is 14.8 Å². The second-order valence-electron chi connectivity index (χ2n) is 7.15. The van der Waals surface area contributed by atoms with Crippen molar-refractivity contribution in [2.75, 3.05) is 29.9 Å². The molecule has 0 saturated heterocycles. The van der Waals surface area contributed by atoms with Crippen molar-refractivity contribution in [1.82, 2.24) is 0 Å². The predicted octanol–water partition coefficient (Wildman–Crippen LogP) is 4.89. The number of hydrogen-bond donors (Lipinski definition) is 1. The lowest BCUT2D eigenvalue weighted by atomic mass is 10.2. The highest BCUT2D eigenvalue weighted by Gasteiger charge is 2.28. The number of nitrogens with one attached hydrogen (secondary N) is 1. The molecule has 3 rings (SSSR count). The van der Waals surface area contributed by atoms with Crippen molar-refractivity contribution in [3.05, 3.63) is 77.3 Å². The van der Waals surface area contributed by atoms with E-state index >= 15 is 0 Å². The third-order valence-corrected chi connectivity index (χ3v) is 6.83. The van der Waals surface area contributed by atoms with E-state index in [9.17, 15) is 13.2 Å². The van der Waals surface area contributed by atoms with E-state index in [4.69, 9.17) is 21.1 Å². The van der Waals surface area contributed by atoms with E-state index in [1.54, 1.807) is 48.5 Å². The van der Waals surface area contributed by atoms with Crippen molar-refractivity contribution in [3.8, 4) is 11.5 Å². The molecular formula is C24H25ClN2O5S. The highest BCUT2D eigenvalue weighted by molar-refractivity contribution is 7.92.